The van der Waals surface area contributed by atoms with Crippen molar-refractivity contribution >= 4 is 13.4 Å². The number of allylic oxidation sites excluding steroid dienone is 1. The maximum Gasteiger partial charge on any atom is 0.604 e. The Morgan fingerprint density at radius 3 is 2.10 bits per heavy atom. The SMILES string of the molecule is C=C(C)c1cc(C)ccc1OOP(=O)(OOc1ccc(C)cc1)Oc1ccccc1. The molecular weight excluding hydrogens is 403 g/mol. The number of hydrogen-bond acceptors (Lipinski definition) is 6. The highest BCUT2D eigenvalue weighted by atomic mass is 31.2. The molecule has 156 valence electrons. The fourth-order valence-corrected chi connectivity index (χ4v) is 3.29. The van der Waals surface area contributed by atoms with Crippen LogP contribution in [0.3, 0.4) is 0 Å². The third-order valence-corrected chi connectivity index (χ3v) is 4.97. The fraction of sp³-hybridized carbons (Fsp3) is 0.130. The lowest BCUT2D eigenvalue weighted by Crippen LogP contribution is -2.08. The highest BCUT2D eigenvalue weighted by Gasteiger charge is 2.35. The third kappa shape index (κ3) is 5.97. The van der Waals surface area contributed by atoms with E-state index >= 15 is 0 Å². The van der Waals surface area contributed by atoms with Gasteiger partial charge in [-0.05, 0) is 62.7 Å². The molecule has 3 rings (SSSR count). The van der Waals surface area contributed by atoms with Crippen LogP contribution < -0.4 is 14.3 Å². The number of benzene rings is 3. The van der Waals surface area contributed by atoms with E-state index in [2.05, 4.69) is 6.58 Å². The van der Waals surface area contributed by atoms with Gasteiger partial charge in [0.15, 0.2) is 11.5 Å². The lowest BCUT2D eigenvalue weighted by Gasteiger charge is -2.17. The number of phosphoric acid groups is 1. The summed E-state index contributed by atoms with van der Waals surface area (Å²) in [6.07, 6.45) is 0. The molecule has 3 aromatic carbocycles. The number of para-hydroxylation sites is 1. The molecule has 7 heteroatoms. The van der Waals surface area contributed by atoms with Crippen molar-refractivity contribution in [3.63, 3.8) is 0 Å². The molecule has 3 aromatic rings. The second-order valence-corrected chi connectivity index (χ2v) is 8.14. The van der Waals surface area contributed by atoms with Crippen LogP contribution in [0.5, 0.6) is 17.2 Å². The lowest BCUT2D eigenvalue weighted by atomic mass is 10.1. The van der Waals surface area contributed by atoms with E-state index in [1.165, 1.54) is 0 Å². The summed E-state index contributed by atoms with van der Waals surface area (Å²) in [7, 11) is -4.32. The van der Waals surface area contributed by atoms with Gasteiger partial charge in [-0.1, -0.05) is 63.5 Å². The molecule has 0 heterocycles. The summed E-state index contributed by atoms with van der Waals surface area (Å²) >= 11 is 0. The number of rotatable bonds is 9. The van der Waals surface area contributed by atoms with Crippen molar-refractivity contribution in [2.75, 3.05) is 0 Å². The predicted molar refractivity (Wildman–Crippen MR) is 115 cm³/mol. The molecule has 0 aromatic heterocycles. The van der Waals surface area contributed by atoms with Crippen LogP contribution in [0.25, 0.3) is 5.57 Å². The fourth-order valence-electron chi connectivity index (χ4n) is 2.47. The van der Waals surface area contributed by atoms with E-state index in [1.54, 1.807) is 48.5 Å². The summed E-state index contributed by atoms with van der Waals surface area (Å²) in [4.78, 5) is 10.5. The zero-order valence-corrected chi connectivity index (χ0v) is 17.9. The molecule has 0 fully saturated rings. The maximum absolute atomic E-state index is 13.2. The Hall–Kier alpha value is -3.05. The standard InChI is InChI=1S/C23H23O6P/c1-17(2)22-16-19(4)12-15-23(22)26-29-30(24,27-21-8-6-5-7-9-21)28-25-20-13-10-18(3)11-14-20/h5-16H,1H2,2-4H3. The van der Waals surface area contributed by atoms with Crippen molar-refractivity contribution in [2.45, 2.75) is 20.8 Å². The van der Waals surface area contributed by atoms with Gasteiger partial charge in [0, 0.05) is 5.56 Å². The lowest BCUT2D eigenvalue weighted by molar-refractivity contribution is -0.185. The molecule has 0 spiro atoms. The molecule has 0 aliphatic rings. The Balaban J connectivity index is 1.79. The second-order valence-electron chi connectivity index (χ2n) is 6.76. The van der Waals surface area contributed by atoms with E-state index in [1.807, 2.05) is 45.0 Å². The first kappa shape index (κ1) is 21.7. The predicted octanol–water partition coefficient (Wildman–Crippen LogP) is 6.84. The van der Waals surface area contributed by atoms with Crippen molar-refractivity contribution in [1.82, 2.24) is 0 Å². The zero-order valence-electron chi connectivity index (χ0n) is 17.0. The van der Waals surface area contributed by atoms with Gasteiger partial charge in [-0.3, -0.25) is 0 Å². The van der Waals surface area contributed by atoms with Gasteiger partial charge in [-0.2, -0.15) is 0 Å². The van der Waals surface area contributed by atoms with Gasteiger partial charge in [0.05, 0.1) is 0 Å². The monoisotopic (exact) mass is 426 g/mol. The molecular formula is C23H23O6P. The maximum atomic E-state index is 13.2. The number of aryl methyl sites for hydroxylation is 2. The molecule has 0 aliphatic heterocycles. The van der Waals surface area contributed by atoms with Gasteiger partial charge in [-0.15, -0.1) is 0 Å². The minimum atomic E-state index is -4.32. The minimum absolute atomic E-state index is 0.265. The third-order valence-electron chi connectivity index (χ3n) is 4.02. The van der Waals surface area contributed by atoms with E-state index in [9.17, 15) is 4.57 Å². The van der Waals surface area contributed by atoms with Crippen LogP contribution in [0, 0.1) is 13.8 Å². The molecule has 0 N–H and O–H groups in total. The Morgan fingerprint density at radius 1 is 0.800 bits per heavy atom. The van der Waals surface area contributed by atoms with Crippen LogP contribution in [0.2, 0.25) is 0 Å². The Morgan fingerprint density at radius 2 is 1.43 bits per heavy atom. The molecule has 0 aliphatic carbocycles. The van der Waals surface area contributed by atoms with Crippen LogP contribution >= 0.6 is 7.82 Å². The minimum Gasteiger partial charge on any atom is -0.400 e. The second kappa shape index (κ2) is 9.63. The summed E-state index contributed by atoms with van der Waals surface area (Å²) in [5, 5.41) is 0. The van der Waals surface area contributed by atoms with Gasteiger partial charge in [0.1, 0.15) is 5.75 Å². The van der Waals surface area contributed by atoms with Crippen LogP contribution in [0.4, 0.5) is 0 Å². The molecule has 0 amide bonds. The highest BCUT2D eigenvalue weighted by Crippen LogP contribution is 2.50. The molecule has 0 radical (unpaired) electrons. The first-order chi connectivity index (χ1) is 14.3. The zero-order chi connectivity index (χ0) is 21.6. The summed E-state index contributed by atoms with van der Waals surface area (Å²) in [5.74, 6) is 0.920. The topological polar surface area (TPSA) is 63.2 Å². The Kier molecular flexibility index (Phi) is 6.95. The quantitative estimate of drug-likeness (QED) is 0.212. The van der Waals surface area contributed by atoms with E-state index in [-0.39, 0.29) is 5.75 Å². The highest BCUT2D eigenvalue weighted by molar-refractivity contribution is 7.48. The smallest absolute Gasteiger partial charge is 0.400 e. The summed E-state index contributed by atoms with van der Waals surface area (Å²) in [6.45, 7) is 9.64. The van der Waals surface area contributed by atoms with E-state index < -0.39 is 7.82 Å². The first-order valence-electron chi connectivity index (χ1n) is 9.25. The van der Waals surface area contributed by atoms with Crippen LogP contribution in [-0.2, 0) is 13.9 Å². The first-order valence-corrected chi connectivity index (χ1v) is 10.7. The van der Waals surface area contributed by atoms with Gasteiger partial charge < -0.3 is 14.3 Å². The molecule has 1 atom stereocenters. The molecule has 0 saturated carbocycles. The van der Waals surface area contributed by atoms with Gasteiger partial charge in [-0.25, -0.2) is 4.57 Å². The molecule has 0 bridgehead atoms. The van der Waals surface area contributed by atoms with Crippen molar-refractivity contribution < 1.29 is 28.2 Å². The van der Waals surface area contributed by atoms with Crippen LogP contribution in [0.1, 0.15) is 23.6 Å². The van der Waals surface area contributed by atoms with E-state index in [4.69, 9.17) is 23.6 Å². The van der Waals surface area contributed by atoms with Gasteiger partial charge >= 0.3 is 7.82 Å². The van der Waals surface area contributed by atoms with Gasteiger partial charge in [0.25, 0.3) is 0 Å². The van der Waals surface area contributed by atoms with Crippen molar-refractivity contribution in [1.29, 1.82) is 0 Å². The van der Waals surface area contributed by atoms with Crippen LogP contribution in [-0.4, -0.2) is 0 Å². The number of hydrogen-bond donors (Lipinski definition) is 0. The molecule has 1 unspecified atom stereocenters. The Labute approximate surface area is 176 Å². The summed E-state index contributed by atoms with van der Waals surface area (Å²) in [6, 6.07) is 20.8. The average Bonchev–Trinajstić information content (AvgIpc) is 2.73. The summed E-state index contributed by atoms with van der Waals surface area (Å²) in [5.41, 5.74) is 3.52. The summed E-state index contributed by atoms with van der Waals surface area (Å²) < 4.78 is 28.8. The average molecular weight is 426 g/mol. The Bertz CT molecular complexity index is 1050. The van der Waals surface area contributed by atoms with Crippen molar-refractivity contribution in [3.8, 4) is 17.2 Å². The van der Waals surface area contributed by atoms with E-state index in [0.717, 1.165) is 16.7 Å². The van der Waals surface area contributed by atoms with Crippen LogP contribution in [0.15, 0.2) is 79.4 Å². The van der Waals surface area contributed by atoms with Gasteiger partial charge in [0.2, 0.25) is 0 Å². The molecule has 6 nitrogen and oxygen atoms in total. The van der Waals surface area contributed by atoms with Crippen molar-refractivity contribution in [3.05, 3.63) is 96.1 Å². The largest absolute Gasteiger partial charge is 0.604 e. The molecule has 30 heavy (non-hydrogen) atoms. The van der Waals surface area contributed by atoms with Crippen molar-refractivity contribution in [2.24, 2.45) is 0 Å². The normalized spacial score (nSPS) is 12.6. The van der Waals surface area contributed by atoms with E-state index in [0.29, 0.717) is 17.1 Å². The molecule has 0 saturated heterocycles.